The Morgan fingerprint density at radius 3 is 1.10 bits per heavy atom. The summed E-state index contributed by atoms with van der Waals surface area (Å²) in [6.45, 7) is 0. The lowest BCUT2D eigenvalue weighted by atomic mass is 9.98. The summed E-state index contributed by atoms with van der Waals surface area (Å²) in [4.78, 5) is 22.6. The molecule has 10 aromatic heterocycles. The standard InChI is InChI=1S/C114H64N10/c1-2-26-72(27-3-1)119-93-40-17-8-31-77(93)82-55-48-70(61-100(82)119)108-107(115-89-36-13-14-37-90(89)116-108)67-45-52-73(53-46-67)121-95-42-19-10-33-79(95)85-63-88-84-54-47-69(60-102(84)123-99-58-51-66-24-5-7-30-76(66)104(99)105(110(85)121)112(88)123)68-25-22-28-74(59-68)120-94-41-18-9-32-78(94)83-56-49-71(62-101(83)120)109-114(118-92-39-16-15-38-91(92)117-109)124-97-44-21-12-35-81(97)87-64-86-80-34-11-20-43-96(80)122-98-57-50-65-23-4-6-29-75(65)103(98)106(111(86)122)113(87)124/h1-64H. The van der Waals surface area contributed by atoms with Gasteiger partial charge in [-0.25, -0.2) is 19.9 Å². The van der Waals surface area contributed by atoms with Crippen molar-refractivity contribution in [2.75, 3.05) is 0 Å². The van der Waals surface area contributed by atoms with Crippen molar-refractivity contribution in [1.29, 1.82) is 0 Å². The van der Waals surface area contributed by atoms with Crippen molar-refractivity contribution in [3.63, 3.8) is 0 Å². The molecule has 0 N–H and O–H groups in total. The molecule has 124 heavy (non-hydrogen) atoms. The van der Waals surface area contributed by atoms with E-state index in [4.69, 9.17) is 19.9 Å². The maximum atomic E-state index is 5.82. The van der Waals surface area contributed by atoms with Crippen LogP contribution < -0.4 is 0 Å². The first-order valence-electron chi connectivity index (χ1n) is 42.5. The van der Waals surface area contributed by atoms with Gasteiger partial charge in [-0.2, -0.15) is 0 Å². The summed E-state index contributed by atoms with van der Waals surface area (Å²) in [5.41, 5.74) is 30.3. The van der Waals surface area contributed by atoms with Gasteiger partial charge in [-0.1, -0.05) is 255 Å². The van der Waals surface area contributed by atoms with E-state index in [2.05, 4.69) is 403 Å². The van der Waals surface area contributed by atoms with Gasteiger partial charge in [-0.3, -0.25) is 4.57 Å². The monoisotopic (exact) mass is 1570 g/mol. The van der Waals surface area contributed by atoms with E-state index in [-0.39, 0.29) is 0 Å². The van der Waals surface area contributed by atoms with Crippen LogP contribution in [0.15, 0.2) is 388 Å². The van der Waals surface area contributed by atoms with Crippen LogP contribution in [-0.4, -0.2) is 47.0 Å². The molecule has 570 valence electrons. The van der Waals surface area contributed by atoms with Gasteiger partial charge < -0.3 is 22.5 Å². The van der Waals surface area contributed by atoms with Crippen LogP contribution in [-0.2, 0) is 0 Å². The zero-order valence-electron chi connectivity index (χ0n) is 66.4. The Morgan fingerprint density at radius 2 is 0.524 bits per heavy atom. The van der Waals surface area contributed by atoms with E-state index in [9.17, 15) is 0 Å². The summed E-state index contributed by atoms with van der Waals surface area (Å²) in [5, 5.41) is 24.1. The second kappa shape index (κ2) is 24.5. The van der Waals surface area contributed by atoms with Crippen molar-refractivity contribution in [3.05, 3.63) is 388 Å². The Bertz CT molecular complexity index is 9780. The van der Waals surface area contributed by atoms with E-state index in [0.29, 0.717) is 0 Å². The van der Waals surface area contributed by atoms with Crippen molar-refractivity contribution in [1.82, 2.24) is 47.0 Å². The minimum atomic E-state index is 0.774. The van der Waals surface area contributed by atoms with E-state index in [1.54, 1.807) is 0 Å². The number of hydrogen-bond acceptors (Lipinski definition) is 4. The van der Waals surface area contributed by atoms with Gasteiger partial charge in [0, 0.05) is 120 Å². The number of aromatic nitrogens is 10. The number of rotatable bonds is 8. The van der Waals surface area contributed by atoms with Crippen molar-refractivity contribution < 1.29 is 0 Å². The lowest BCUT2D eigenvalue weighted by molar-refractivity contribution is 1.08. The predicted octanol–water partition coefficient (Wildman–Crippen LogP) is 29.2. The molecule has 0 spiro atoms. The molecule has 0 fully saturated rings. The van der Waals surface area contributed by atoms with Gasteiger partial charge in [0.15, 0.2) is 5.82 Å². The molecule has 0 amide bonds. The fraction of sp³-hybridized carbons (Fsp3) is 0. The Kier molecular flexibility index (Phi) is 13.0. The van der Waals surface area contributed by atoms with Crippen molar-refractivity contribution >= 4 is 207 Å². The molecule has 0 aliphatic carbocycles. The molecule has 0 atom stereocenters. The highest BCUT2D eigenvalue weighted by Gasteiger charge is 2.31. The highest BCUT2D eigenvalue weighted by molar-refractivity contribution is 6.40. The Balaban J connectivity index is 0.601. The quantitative estimate of drug-likeness (QED) is 0.152. The topological polar surface area (TPSA) is 80.1 Å². The van der Waals surface area contributed by atoms with Gasteiger partial charge in [-0.15, -0.1) is 0 Å². The van der Waals surface area contributed by atoms with Gasteiger partial charge in [0.05, 0.1) is 111 Å². The summed E-state index contributed by atoms with van der Waals surface area (Å²) in [6.07, 6.45) is 0. The summed E-state index contributed by atoms with van der Waals surface area (Å²) < 4.78 is 14.9. The summed E-state index contributed by atoms with van der Waals surface area (Å²) >= 11 is 0. The molecule has 0 bridgehead atoms. The molecule has 19 aromatic carbocycles. The fourth-order valence-electron chi connectivity index (χ4n) is 22.0. The Labute approximate surface area is 705 Å². The average molecular weight is 1570 g/mol. The minimum Gasteiger partial charge on any atom is -0.309 e. The minimum absolute atomic E-state index is 0.774. The molecule has 29 rings (SSSR count). The number of nitrogens with zero attached hydrogens (tertiary/aromatic N) is 10. The number of fused-ring (bicyclic) bond motifs is 32. The normalized spacial score (nSPS) is 12.5. The molecule has 0 unspecified atom stereocenters. The summed E-state index contributed by atoms with van der Waals surface area (Å²) in [6, 6.07) is 143. The van der Waals surface area contributed by atoms with Crippen LogP contribution in [0.5, 0.6) is 0 Å². The maximum absolute atomic E-state index is 5.82. The van der Waals surface area contributed by atoms with Crippen LogP contribution in [0.25, 0.3) is 275 Å². The molecular formula is C114H64N10. The van der Waals surface area contributed by atoms with E-state index in [0.717, 1.165) is 145 Å². The molecule has 0 radical (unpaired) electrons. The number of hydrogen-bond donors (Lipinski definition) is 0. The van der Waals surface area contributed by atoms with E-state index in [1.165, 1.54) is 130 Å². The SMILES string of the molecule is c1ccc(-n2c3ccccc3c3ccc(-c4nc5ccccc5nc4-c4ccc(-n5c6ccccc6c6cc7c8ccc(-c9cccc(-n%10c%11ccccc%11c%11ccc(-c%12nc%13ccccc%13nc%12-n%12c%13ccccc%13c%13cc%14c%15ccccc%15n%15c%16ccc%17ccccc%17c%16c(c%13%12)c%14%15)cc%11%10)c9)cc8n8c9ccc%10ccccc%10c9c(c65)c78)cc4)cc32)cc1. The number of benzene rings is 19. The molecular weight excluding hydrogens is 1510 g/mol. The first-order valence-corrected chi connectivity index (χ1v) is 42.5. The van der Waals surface area contributed by atoms with E-state index in [1.807, 2.05) is 12.1 Å². The molecule has 0 aliphatic heterocycles. The smallest absolute Gasteiger partial charge is 0.165 e. The predicted molar refractivity (Wildman–Crippen MR) is 516 cm³/mol. The van der Waals surface area contributed by atoms with E-state index < -0.39 is 0 Å². The van der Waals surface area contributed by atoms with Crippen LogP contribution in [0.4, 0.5) is 0 Å². The van der Waals surface area contributed by atoms with E-state index >= 15 is 0 Å². The zero-order chi connectivity index (χ0) is 80.4. The van der Waals surface area contributed by atoms with Crippen LogP contribution in [0.2, 0.25) is 0 Å². The second-order valence-electron chi connectivity index (χ2n) is 33.5. The second-order valence-corrected chi connectivity index (χ2v) is 33.5. The fourth-order valence-corrected chi connectivity index (χ4v) is 22.0. The molecule has 0 aliphatic rings. The third-order valence-electron chi connectivity index (χ3n) is 27.1. The zero-order valence-corrected chi connectivity index (χ0v) is 66.4. The molecule has 10 heteroatoms. The maximum Gasteiger partial charge on any atom is 0.165 e. The van der Waals surface area contributed by atoms with Gasteiger partial charge >= 0.3 is 0 Å². The molecule has 10 nitrogen and oxygen atoms in total. The third-order valence-corrected chi connectivity index (χ3v) is 27.1. The van der Waals surface area contributed by atoms with Crippen LogP contribution >= 0.6 is 0 Å². The number of para-hydroxylation sites is 10. The largest absolute Gasteiger partial charge is 0.309 e. The first-order chi connectivity index (χ1) is 61.5. The average Bonchev–Trinajstić information content (AvgIpc) is 1.51. The van der Waals surface area contributed by atoms with Crippen molar-refractivity contribution in [3.8, 4) is 67.8 Å². The van der Waals surface area contributed by atoms with Crippen molar-refractivity contribution in [2.24, 2.45) is 0 Å². The van der Waals surface area contributed by atoms with Gasteiger partial charge in [0.1, 0.15) is 5.69 Å². The summed E-state index contributed by atoms with van der Waals surface area (Å²) in [7, 11) is 0. The molecule has 0 saturated heterocycles. The van der Waals surface area contributed by atoms with Crippen LogP contribution in [0, 0.1) is 0 Å². The summed E-state index contributed by atoms with van der Waals surface area (Å²) in [5.74, 6) is 0.774. The molecule has 0 saturated carbocycles. The van der Waals surface area contributed by atoms with Gasteiger partial charge in [0.25, 0.3) is 0 Å². The van der Waals surface area contributed by atoms with Crippen molar-refractivity contribution in [2.45, 2.75) is 0 Å². The lowest BCUT2D eigenvalue weighted by Gasteiger charge is -2.15. The van der Waals surface area contributed by atoms with Crippen LogP contribution in [0.3, 0.4) is 0 Å². The molecule has 29 aromatic rings. The first kappa shape index (κ1) is 66.1. The third kappa shape index (κ3) is 8.85. The Hall–Kier alpha value is -16.8. The van der Waals surface area contributed by atoms with Gasteiger partial charge in [-0.05, 0) is 166 Å². The van der Waals surface area contributed by atoms with Gasteiger partial charge in [0.2, 0.25) is 0 Å². The molecule has 10 heterocycles. The highest BCUT2D eigenvalue weighted by Crippen LogP contribution is 2.53. The van der Waals surface area contributed by atoms with Crippen LogP contribution in [0.1, 0.15) is 0 Å². The lowest BCUT2D eigenvalue weighted by Crippen LogP contribution is -2.04. The highest BCUT2D eigenvalue weighted by atomic mass is 15.1. The Morgan fingerprint density at radius 1 is 0.161 bits per heavy atom.